The Labute approximate surface area is 90.7 Å². The molecule has 3 heteroatoms. The normalized spacial score (nSPS) is 10.0. The molecule has 0 atom stereocenters. The van der Waals surface area contributed by atoms with Gasteiger partial charge in [-0.25, -0.2) is 4.57 Å². The number of aryl methyl sites for hydroxylation is 2. The maximum Gasteiger partial charge on any atom is 0.302 e. The molecule has 0 saturated carbocycles. The number of aromatic nitrogens is 1. The highest BCUT2D eigenvalue weighted by Gasteiger charge is 2.03. The molecule has 1 aromatic rings. The Morgan fingerprint density at radius 2 is 2.20 bits per heavy atom. The van der Waals surface area contributed by atoms with E-state index in [2.05, 4.69) is 23.8 Å². The lowest BCUT2D eigenvalue weighted by atomic mass is 10.3. The zero-order valence-corrected chi connectivity index (χ0v) is 9.40. The summed E-state index contributed by atoms with van der Waals surface area (Å²) in [5.74, 6) is -0.196. The number of ether oxygens (including phenoxy) is 1. The van der Waals surface area contributed by atoms with Crippen LogP contribution < -0.4 is 4.57 Å². The van der Waals surface area contributed by atoms with Crippen LogP contribution in [0.15, 0.2) is 24.4 Å². The summed E-state index contributed by atoms with van der Waals surface area (Å²) < 4.78 is 7.06. The molecule has 0 radical (unpaired) electrons. The van der Waals surface area contributed by atoms with Crippen LogP contribution >= 0.6 is 0 Å². The van der Waals surface area contributed by atoms with Gasteiger partial charge < -0.3 is 4.74 Å². The Hall–Kier alpha value is -1.38. The van der Waals surface area contributed by atoms with E-state index in [0.717, 1.165) is 19.4 Å². The smallest absolute Gasteiger partial charge is 0.302 e. The van der Waals surface area contributed by atoms with E-state index in [4.69, 9.17) is 4.74 Å². The highest BCUT2D eigenvalue weighted by molar-refractivity contribution is 5.65. The highest BCUT2D eigenvalue weighted by atomic mass is 16.5. The van der Waals surface area contributed by atoms with Gasteiger partial charge in [-0.05, 0) is 6.42 Å². The van der Waals surface area contributed by atoms with Crippen LogP contribution in [-0.4, -0.2) is 12.6 Å². The van der Waals surface area contributed by atoms with Gasteiger partial charge in [-0.3, -0.25) is 4.79 Å². The Balaban J connectivity index is 2.21. The van der Waals surface area contributed by atoms with Gasteiger partial charge >= 0.3 is 5.97 Å². The van der Waals surface area contributed by atoms with Crippen molar-refractivity contribution in [1.29, 1.82) is 0 Å². The molecule has 1 rings (SSSR count). The van der Waals surface area contributed by atoms with Gasteiger partial charge in [0.2, 0.25) is 0 Å². The van der Waals surface area contributed by atoms with Crippen LogP contribution in [0.2, 0.25) is 0 Å². The summed E-state index contributed by atoms with van der Waals surface area (Å²) in [5.41, 5.74) is 1.25. The van der Waals surface area contributed by atoms with Gasteiger partial charge in [-0.15, -0.1) is 0 Å². The zero-order valence-electron chi connectivity index (χ0n) is 9.40. The van der Waals surface area contributed by atoms with Crippen molar-refractivity contribution in [2.45, 2.75) is 33.2 Å². The number of hydrogen-bond acceptors (Lipinski definition) is 2. The first kappa shape index (κ1) is 11.7. The summed E-state index contributed by atoms with van der Waals surface area (Å²) in [4.78, 5) is 10.5. The Morgan fingerprint density at radius 3 is 2.87 bits per heavy atom. The number of rotatable bonds is 5. The third-order valence-electron chi connectivity index (χ3n) is 2.27. The van der Waals surface area contributed by atoms with Crippen LogP contribution in [0.1, 0.15) is 25.5 Å². The number of carbonyl (C=O) groups is 1. The molecule has 0 saturated heterocycles. The predicted octanol–water partition coefficient (Wildman–Crippen LogP) is 1.63. The second-order valence-corrected chi connectivity index (χ2v) is 3.58. The van der Waals surface area contributed by atoms with Gasteiger partial charge in [-0.2, -0.15) is 0 Å². The average molecular weight is 208 g/mol. The average Bonchev–Trinajstić information content (AvgIpc) is 2.20. The molecule has 0 bridgehead atoms. The van der Waals surface area contributed by atoms with Crippen molar-refractivity contribution in [1.82, 2.24) is 0 Å². The molecular weight excluding hydrogens is 190 g/mol. The Kier molecular flexibility index (Phi) is 4.81. The molecule has 0 aromatic carbocycles. The van der Waals surface area contributed by atoms with Gasteiger partial charge in [-0.1, -0.05) is 6.07 Å². The summed E-state index contributed by atoms with van der Waals surface area (Å²) in [6.45, 7) is 5.04. The molecule has 0 aliphatic rings. The van der Waals surface area contributed by atoms with Gasteiger partial charge in [0.1, 0.15) is 6.54 Å². The number of esters is 1. The van der Waals surface area contributed by atoms with E-state index in [-0.39, 0.29) is 5.97 Å². The van der Waals surface area contributed by atoms with Gasteiger partial charge in [0.05, 0.1) is 6.61 Å². The molecule has 0 aliphatic heterocycles. The summed E-state index contributed by atoms with van der Waals surface area (Å²) in [5, 5.41) is 0. The van der Waals surface area contributed by atoms with Crippen LogP contribution in [0.4, 0.5) is 0 Å². The molecule has 3 nitrogen and oxygen atoms in total. The largest absolute Gasteiger partial charge is 0.466 e. The molecule has 82 valence electrons. The Bertz CT molecular complexity index is 323. The topological polar surface area (TPSA) is 30.2 Å². The van der Waals surface area contributed by atoms with E-state index in [0.29, 0.717) is 6.61 Å². The van der Waals surface area contributed by atoms with Gasteiger partial charge in [0.25, 0.3) is 0 Å². The fraction of sp³-hybridized carbons (Fsp3) is 0.500. The molecule has 15 heavy (non-hydrogen) atoms. The molecule has 0 spiro atoms. The second-order valence-electron chi connectivity index (χ2n) is 3.58. The summed E-state index contributed by atoms with van der Waals surface area (Å²) in [7, 11) is 0. The van der Waals surface area contributed by atoms with Crippen molar-refractivity contribution in [3.05, 3.63) is 30.1 Å². The molecule has 0 N–H and O–H groups in total. The number of unbranched alkanes of at least 4 members (excludes halogenated alkanes) is 1. The highest BCUT2D eigenvalue weighted by Crippen LogP contribution is 1.93. The fourth-order valence-electron chi connectivity index (χ4n) is 1.41. The van der Waals surface area contributed by atoms with E-state index >= 15 is 0 Å². The molecule has 0 aliphatic carbocycles. The van der Waals surface area contributed by atoms with E-state index in [1.54, 1.807) is 0 Å². The monoisotopic (exact) mass is 208 g/mol. The van der Waals surface area contributed by atoms with Crippen LogP contribution in [-0.2, 0) is 16.1 Å². The summed E-state index contributed by atoms with van der Waals surface area (Å²) >= 11 is 0. The molecule has 0 unspecified atom stereocenters. The fourth-order valence-corrected chi connectivity index (χ4v) is 1.41. The first-order chi connectivity index (χ1) is 7.20. The first-order valence-electron chi connectivity index (χ1n) is 5.28. The van der Waals surface area contributed by atoms with Crippen LogP contribution in [0, 0.1) is 6.92 Å². The first-order valence-corrected chi connectivity index (χ1v) is 5.28. The van der Waals surface area contributed by atoms with Crippen molar-refractivity contribution < 1.29 is 14.1 Å². The van der Waals surface area contributed by atoms with Crippen LogP contribution in [0.25, 0.3) is 0 Å². The van der Waals surface area contributed by atoms with E-state index < -0.39 is 0 Å². The third-order valence-corrected chi connectivity index (χ3v) is 2.27. The van der Waals surface area contributed by atoms with Gasteiger partial charge in [0.15, 0.2) is 11.9 Å². The lowest BCUT2D eigenvalue weighted by Gasteiger charge is -2.01. The standard InChI is InChI=1S/C12H18NO2/c1-11-7-3-4-8-13(11)9-5-6-10-15-12(2)14/h3-4,7-8H,5-6,9-10H2,1-2H3/q+1. The van der Waals surface area contributed by atoms with E-state index in [9.17, 15) is 4.79 Å². The number of nitrogens with zero attached hydrogens (tertiary/aromatic N) is 1. The second kappa shape index (κ2) is 6.17. The van der Waals surface area contributed by atoms with Crippen molar-refractivity contribution in [2.24, 2.45) is 0 Å². The Morgan fingerprint density at radius 1 is 1.40 bits per heavy atom. The van der Waals surface area contributed by atoms with Crippen molar-refractivity contribution in [2.75, 3.05) is 6.61 Å². The van der Waals surface area contributed by atoms with Gasteiger partial charge in [0, 0.05) is 32.4 Å². The number of pyridine rings is 1. The van der Waals surface area contributed by atoms with Crippen molar-refractivity contribution in [3.63, 3.8) is 0 Å². The number of hydrogen-bond donors (Lipinski definition) is 0. The molecule has 1 aromatic heterocycles. The SMILES string of the molecule is CC(=O)OCCCC[n+]1ccccc1C. The lowest BCUT2D eigenvalue weighted by Crippen LogP contribution is -2.36. The quantitative estimate of drug-likeness (QED) is 0.418. The zero-order chi connectivity index (χ0) is 11.1. The predicted molar refractivity (Wildman–Crippen MR) is 57.2 cm³/mol. The van der Waals surface area contributed by atoms with E-state index in [1.807, 2.05) is 12.1 Å². The molecule has 1 heterocycles. The minimum atomic E-state index is -0.196. The summed E-state index contributed by atoms with van der Waals surface area (Å²) in [6.07, 6.45) is 4.02. The minimum absolute atomic E-state index is 0.196. The van der Waals surface area contributed by atoms with Crippen LogP contribution in [0.5, 0.6) is 0 Å². The maximum absolute atomic E-state index is 10.5. The molecular formula is C12H18NO2+. The van der Waals surface area contributed by atoms with E-state index in [1.165, 1.54) is 12.6 Å². The number of carbonyl (C=O) groups excluding carboxylic acids is 1. The summed E-state index contributed by atoms with van der Waals surface area (Å²) in [6, 6.07) is 6.15. The van der Waals surface area contributed by atoms with Crippen molar-refractivity contribution in [3.8, 4) is 0 Å². The third kappa shape index (κ3) is 4.58. The minimum Gasteiger partial charge on any atom is -0.466 e. The molecule has 0 amide bonds. The maximum atomic E-state index is 10.5. The van der Waals surface area contributed by atoms with Crippen molar-refractivity contribution >= 4 is 5.97 Å². The lowest BCUT2D eigenvalue weighted by molar-refractivity contribution is -0.703. The molecule has 0 fully saturated rings. The van der Waals surface area contributed by atoms with Crippen LogP contribution in [0.3, 0.4) is 0 Å².